The third-order valence-corrected chi connectivity index (χ3v) is 5.51. The largest absolute Gasteiger partial charge is 0.480 e. The fourth-order valence-electron chi connectivity index (χ4n) is 4.26. The van der Waals surface area contributed by atoms with E-state index in [0.29, 0.717) is 5.54 Å². The van der Waals surface area contributed by atoms with Gasteiger partial charge in [-0.25, -0.2) is 0 Å². The molecule has 4 nitrogen and oxygen atoms in total. The van der Waals surface area contributed by atoms with Gasteiger partial charge in [-0.1, -0.05) is 13.3 Å². The van der Waals surface area contributed by atoms with Crippen molar-refractivity contribution in [3.63, 3.8) is 0 Å². The Balaban J connectivity index is 1.99. The molecule has 2 N–H and O–H groups in total. The molecule has 116 valence electrons. The average Bonchev–Trinajstić information content (AvgIpc) is 2.91. The average molecular weight is 282 g/mol. The maximum atomic E-state index is 11.8. The van der Waals surface area contributed by atoms with Gasteiger partial charge in [-0.3, -0.25) is 9.69 Å². The normalized spacial score (nSPS) is 33.6. The van der Waals surface area contributed by atoms with Gasteiger partial charge in [0.05, 0.1) is 0 Å². The molecule has 0 radical (unpaired) electrons. The van der Waals surface area contributed by atoms with Crippen molar-refractivity contribution in [2.24, 2.45) is 5.92 Å². The van der Waals surface area contributed by atoms with E-state index < -0.39 is 11.5 Å². The highest BCUT2D eigenvalue weighted by atomic mass is 16.4. The molecule has 0 spiro atoms. The van der Waals surface area contributed by atoms with Crippen LogP contribution in [-0.4, -0.2) is 46.7 Å². The van der Waals surface area contributed by atoms with E-state index in [4.69, 9.17) is 0 Å². The van der Waals surface area contributed by atoms with E-state index in [1.54, 1.807) is 0 Å². The zero-order chi connectivity index (χ0) is 14.8. The summed E-state index contributed by atoms with van der Waals surface area (Å²) in [5, 5.41) is 13.0. The Hall–Kier alpha value is -0.610. The number of carbonyl (C=O) groups is 1. The van der Waals surface area contributed by atoms with Crippen molar-refractivity contribution >= 4 is 5.97 Å². The molecule has 2 atom stereocenters. The molecule has 0 aromatic rings. The fourth-order valence-corrected chi connectivity index (χ4v) is 4.26. The van der Waals surface area contributed by atoms with Crippen molar-refractivity contribution < 1.29 is 9.90 Å². The maximum Gasteiger partial charge on any atom is 0.324 e. The summed E-state index contributed by atoms with van der Waals surface area (Å²) >= 11 is 0. The summed E-state index contributed by atoms with van der Waals surface area (Å²) in [6, 6.07) is 0. The lowest BCUT2D eigenvalue weighted by molar-refractivity contribution is -0.146. The molecule has 0 aromatic carbocycles. The van der Waals surface area contributed by atoms with Crippen LogP contribution in [0.5, 0.6) is 0 Å². The van der Waals surface area contributed by atoms with Crippen LogP contribution in [0.15, 0.2) is 0 Å². The number of likely N-dealkylation sites (N-methyl/N-ethyl adjacent to an activating group) is 1. The molecule has 4 heteroatoms. The van der Waals surface area contributed by atoms with E-state index in [9.17, 15) is 9.90 Å². The number of hydrogen-bond acceptors (Lipinski definition) is 3. The molecule has 1 heterocycles. The van der Waals surface area contributed by atoms with E-state index >= 15 is 0 Å². The molecule has 2 unspecified atom stereocenters. The van der Waals surface area contributed by atoms with Crippen LogP contribution in [0, 0.1) is 5.92 Å². The van der Waals surface area contributed by atoms with Gasteiger partial charge in [0.1, 0.15) is 5.54 Å². The van der Waals surface area contributed by atoms with Crippen LogP contribution >= 0.6 is 0 Å². The molecule has 1 aliphatic heterocycles. The smallest absolute Gasteiger partial charge is 0.324 e. The molecule has 1 aliphatic carbocycles. The van der Waals surface area contributed by atoms with Crippen LogP contribution in [-0.2, 0) is 4.79 Å². The number of hydrogen-bond donors (Lipinski definition) is 2. The summed E-state index contributed by atoms with van der Waals surface area (Å²) < 4.78 is 0. The Morgan fingerprint density at radius 2 is 2.10 bits per heavy atom. The highest BCUT2D eigenvalue weighted by Gasteiger charge is 2.48. The monoisotopic (exact) mass is 282 g/mol. The van der Waals surface area contributed by atoms with Crippen LogP contribution in [0.25, 0.3) is 0 Å². The molecule has 1 saturated carbocycles. The minimum atomic E-state index is -0.668. The molecule has 0 bridgehead atoms. The van der Waals surface area contributed by atoms with Gasteiger partial charge < -0.3 is 10.4 Å². The van der Waals surface area contributed by atoms with Gasteiger partial charge in [0.15, 0.2) is 0 Å². The highest BCUT2D eigenvalue weighted by Crippen LogP contribution is 2.39. The molecular weight excluding hydrogens is 252 g/mol. The van der Waals surface area contributed by atoms with Crippen molar-refractivity contribution in [2.75, 3.05) is 19.6 Å². The van der Waals surface area contributed by atoms with Crippen LogP contribution < -0.4 is 5.32 Å². The molecule has 0 aromatic heterocycles. The topological polar surface area (TPSA) is 52.6 Å². The Bertz CT molecular complexity index is 356. The standard InChI is InChI=1S/C16H30N2O2/c1-4-17-16(14(19)20)10-5-7-13(16)8-12-18-11-6-9-15(18,2)3/h13,17H,4-12H2,1-3H3,(H,19,20). The number of aliphatic carboxylic acids is 1. The van der Waals surface area contributed by atoms with Gasteiger partial charge in [0.25, 0.3) is 0 Å². The number of nitrogens with one attached hydrogen (secondary N) is 1. The van der Waals surface area contributed by atoms with Gasteiger partial charge in [-0.05, 0) is 71.5 Å². The second kappa shape index (κ2) is 6.02. The Morgan fingerprint density at radius 3 is 2.65 bits per heavy atom. The van der Waals surface area contributed by atoms with E-state index in [1.165, 1.54) is 19.4 Å². The van der Waals surface area contributed by atoms with Crippen molar-refractivity contribution in [3.8, 4) is 0 Å². The number of rotatable bonds is 6. The Kier molecular flexibility index (Phi) is 4.75. The van der Waals surface area contributed by atoms with Crippen LogP contribution in [0.4, 0.5) is 0 Å². The van der Waals surface area contributed by atoms with E-state index in [1.807, 2.05) is 6.92 Å². The van der Waals surface area contributed by atoms with Gasteiger partial charge in [-0.2, -0.15) is 0 Å². The number of nitrogens with zero attached hydrogens (tertiary/aromatic N) is 1. The second-order valence-corrected chi connectivity index (χ2v) is 7.09. The lowest BCUT2D eigenvalue weighted by Crippen LogP contribution is -2.55. The van der Waals surface area contributed by atoms with Crippen molar-refractivity contribution in [2.45, 2.75) is 70.4 Å². The van der Waals surface area contributed by atoms with Crippen LogP contribution in [0.2, 0.25) is 0 Å². The van der Waals surface area contributed by atoms with Crippen molar-refractivity contribution in [1.29, 1.82) is 0 Å². The lowest BCUT2D eigenvalue weighted by Gasteiger charge is -2.36. The Labute approximate surface area is 122 Å². The predicted octanol–water partition coefficient (Wildman–Crippen LogP) is 2.48. The molecule has 20 heavy (non-hydrogen) atoms. The number of carboxylic acids is 1. The molecule has 2 aliphatic rings. The first-order valence-electron chi connectivity index (χ1n) is 8.16. The van der Waals surface area contributed by atoms with E-state index in [2.05, 4.69) is 24.1 Å². The van der Waals surface area contributed by atoms with Gasteiger partial charge >= 0.3 is 5.97 Å². The molecular formula is C16H30N2O2. The first-order chi connectivity index (χ1) is 9.42. The number of carboxylic acid groups (broad SMARTS) is 1. The summed E-state index contributed by atoms with van der Waals surface area (Å²) in [5.41, 5.74) is -0.374. The SMILES string of the molecule is CCNC1(C(=O)O)CCCC1CCN1CCCC1(C)C. The quantitative estimate of drug-likeness (QED) is 0.786. The summed E-state index contributed by atoms with van der Waals surface area (Å²) in [6.07, 6.45) is 6.40. The minimum Gasteiger partial charge on any atom is -0.480 e. The molecule has 1 saturated heterocycles. The van der Waals surface area contributed by atoms with E-state index in [0.717, 1.165) is 38.8 Å². The Morgan fingerprint density at radius 1 is 1.35 bits per heavy atom. The maximum absolute atomic E-state index is 11.8. The van der Waals surface area contributed by atoms with Crippen LogP contribution in [0.3, 0.4) is 0 Å². The molecule has 2 rings (SSSR count). The first-order valence-corrected chi connectivity index (χ1v) is 8.16. The summed E-state index contributed by atoms with van der Waals surface area (Å²) in [4.78, 5) is 14.3. The predicted molar refractivity (Wildman–Crippen MR) is 80.9 cm³/mol. The summed E-state index contributed by atoms with van der Waals surface area (Å²) in [7, 11) is 0. The third kappa shape index (κ3) is 2.86. The second-order valence-electron chi connectivity index (χ2n) is 7.09. The van der Waals surface area contributed by atoms with Gasteiger partial charge in [-0.15, -0.1) is 0 Å². The highest BCUT2D eigenvalue weighted by molar-refractivity contribution is 5.79. The van der Waals surface area contributed by atoms with Crippen LogP contribution in [0.1, 0.15) is 59.3 Å². The number of likely N-dealkylation sites (tertiary alicyclic amines) is 1. The minimum absolute atomic E-state index is 0.274. The lowest BCUT2D eigenvalue weighted by atomic mass is 9.84. The summed E-state index contributed by atoms with van der Waals surface area (Å²) in [5.74, 6) is -0.376. The van der Waals surface area contributed by atoms with Crippen molar-refractivity contribution in [1.82, 2.24) is 10.2 Å². The zero-order valence-corrected chi connectivity index (χ0v) is 13.2. The molecule has 0 amide bonds. The van der Waals surface area contributed by atoms with Crippen molar-refractivity contribution in [3.05, 3.63) is 0 Å². The summed E-state index contributed by atoms with van der Waals surface area (Å²) in [6.45, 7) is 9.56. The van der Waals surface area contributed by atoms with Gasteiger partial charge in [0, 0.05) is 5.54 Å². The third-order valence-electron chi connectivity index (χ3n) is 5.51. The fraction of sp³-hybridized carbons (Fsp3) is 0.938. The van der Waals surface area contributed by atoms with E-state index in [-0.39, 0.29) is 5.92 Å². The zero-order valence-electron chi connectivity index (χ0n) is 13.2. The first kappa shape index (κ1) is 15.8. The van der Waals surface area contributed by atoms with Gasteiger partial charge in [0.2, 0.25) is 0 Å². The molecule has 2 fully saturated rings.